The lowest BCUT2D eigenvalue weighted by Gasteiger charge is -2.09. The Morgan fingerprint density at radius 3 is 2.54 bits per heavy atom. The second-order valence-corrected chi connectivity index (χ2v) is 5.98. The number of fused-ring (bicyclic) bond motifs is 1. The Kier molecular flexibility index (Phi) is 4.04. The van der Waals surface area contributed by atoms with Crippen LogP contribution in [-0.2, 0) is 6.54 Å². The zero-order chi connectivity index (χ0) is 19.8. The number of imidazole rings is 1. The molecule has 0 unspecified atom stereocenters. The highest BCUT2D eigenvalue weighted by molar-refractivity contribution is 5.87. The number of nitriles is 1. The Morgan fingerprint density at radius 2 is 1.82 bits per heavy atom. The summed E-state index contributed by atoms with van der Waals surface area (Å²) in [6.45, 7) is -0.171. The third-order valence-corrected chi connectivity index (χ3v) is 4.10. The van der Waals surface area contributed by atoms with Gasteiger partial charge in [-0.25, -0.2) is 18.7 Å². The molecule has 0 bridgehead atoms. The van der Waals surface area contributed by atoms with Crippen molar-refractivity contribution in [1.29, 1.82) is 5.26 Å². The maximum absolute atomic E-state index is 14.2. The van der Waals surface area contributed by atoms with Crippen LogP contribution in [0.5, 0.6) is 0 Å². The Morgan fingerprint density at radius 1 is 1.07 bits per heavy atom. The van der Waals surface area contributed by atoms with Crippen LogP contribution in [0.3, 0.4) is 0 Å². The van der Waals surface area contributed by atoms with E-state index in [1.165, 1.54) is 17.1 Å². The monoisotopic (exact) mass is 378 g/mol. The molecule has 0 atom stereocenters. The van der Waals surface area contributed by atoms with E-state index in [1.807, 2.05) is 6.07 Å². The Balaban J connectivity index is 1.85. The van der Waals surface area contributed by atoms with Crippen molar-refractivity contribution in [3.05, 3.63) is 59.6 Å². The van der Waals surface area contributed by atoms with Crippen LogP contribution in [0.1, 0.15) is 11.1 Å². The number of nitrogen functional groups attached to an aromatic ring is 2. The van der Waals surface area contributed by atoms with E-state index in [1.54, 1.807) is 12.1 Å². The fourth-order valence-corrected chi connectivity index (χ4v) is 2.83. The normalized spacial score (nSPS) is 10.9. The van der Waals surface area contributed by atoms with Crippen LogP contribution in [0.15, 0.2) is 36.8 Å². The molecule has 0 saturated carbocycles. The number of hydrogen-bond donors (Lipinski definition) is 2. The van der Waals surface area contributed by atoms with E-state index in [2.05, 4.69) is 19.9 Å². The summed E-state index contributed by atoms with van der Waals surface area (Å²) >= 11 is 0. The summed E-state index contributed by atoms with van der Waals surface area (Å²) in [4.78, 5) is 16.8. The second kappa shape index (κ2) is 6.55. The van der Waals surface area contributed by atoms with Crippen molar-refractivity contribution in [3.63, 3.8) is 0 Å². The molecule has 0 aliphatic heterocycles. The van der Waals surface area contributed by atoms with Crippen molar-refractivity contribution in [2.24, 2.45) is 0 Å². The Bertz CT molecular complexity index is 1240. The molecule has 4 aromatic rings. The topological polar surface area (TPSA) is 132 Å². The maximum Gasteiger partial charge on any atom is 0.222 e. The molecule has 3 aromatic heterocycles. The average molecular weight is 378 g/mol. The average Bonchev–Trinajstić information content (AvgIpc) is 3.06. The van der Waals surface area contributed by atoms with Crippen LogP contribution >= 0.6 is 0 Å². The number of benzene rings is 1. The number of nitrogens with zero attached hydrogens (tertiary/aromatic N) is 6. The van der Waals surface area contributed by atoms with Crippen molar-refractivity contribution < 1.29 is 8.78 Å². The van der Waals surface area contributed by atoms with Gasteiger partial charge in [-0.15, -0.1) is 0 Å². The minimum atomic E-state index is -0.773. The molecule has 0 aliphatic rings. The van der Waals surface area contributed by atoms with Gasteiger partial charge in [-0.05, 0) is 24.3 Å². The van der Waals surface area contributed by atoms with E-state index in [9.17, 15) is 8.78 Å². The van der Waals surface area contributed by atoms with Gasteiger partial charge in [0.2, 0.25) is 5.95 Å². The summed E-state index contributed by atoms with van der Waals surface area (Å²) in [5, 5.41) is 9.08. The van der Waals surface area contributed by atoms with Crippen LogP contribution in [0.2, 0.25) is 0 Å². The predicted octanol–water partition coefficient (Wildman–Crippen LogP) is 2.25. The largest absolute Gasteiger partial charge is 0.399 e. The molecule has 0 saturated heterocycles. The fraction of sp³-hybridized carbons (Fsp3) is 0.0556. The SMILES string of the molecule is N#Cc1ccnc(-c2nc(N)nc3c2ncn3Cc2c(F)cc(N)cc2F)c1. The first-order valence-corrected chi connectivity index (χ1v) is 8.04. The third kappa shape index (κ3) is 2.95. The molecule has 0 aliphatic carbocycles. The van der Waals surface area contributed by atoms with Crippen molar-refractivity contribution in [2.45, 2.75) is 6.54 Å². The predicted molar refractivity (Wildman–Crippen MR) is 97.6 cm³/mol. The lowest BCUT2D eigenvalue weighted by Crippen LogP contribution is -2.07. The highest BCUT2D eigenvalue weighted by Crippen LogP contribution is 2.26. The molecule has 1 aromatic carbocycles. The number of anilines is 2. The van der Waals surface area contributed by atoms with Crippen LogP contribution in [-0.4, -0.2) is 24.5 Å². The molecular weight excluding hydrogens is 366 g/mol. The maximum atomic E-state index is 14.2. The number of hydrogen-bond acceptors (Lipinski definition) is 7. The molecule has 0 fully saturated rings. The van der Waals surface area contributed by atoms with Crippen molar-refractivity contribution in [2.75, 3.05) is 11.5 Å². The molecule has 138 valence electrons. The van der Waals surface area contributed by atoms with Gasteiger partial charge in [0, 0.05) is 17.4 Å². The van der Waals surface area contributed by atoms with Gasteiger partial charge < -0.3 is 16.0 Å². The summed E-state index contributed by atoms with van der Waals surface area (Å²) in [5.74, 6) is -1.61. The Hall–Kier alpha value is -4.13. The molecule has 28 heavy (non-hydrogen) atoms. The van der Waals surface area contributed by atoms with Gasteiger partial charge in [0.15, 0.2) is 5.65 Å². The van der Waals surface area contributed by atoms with E-state index in [-0.39, 0.29) is 29.4 Å². The van der Waals surface area contributed by atoms with Gasteiger partial charge >= 0.3 is 0 Å². The van der Waals surface area contributed by atoms with Crippen LogP contribution < -0.4 is 11.5 Å². The van der Waals surface area contributed by atoms with Gasteiger partial charge in [0.05, 0.1) is 30.2 Å². The molecule has 3 heterocycles. The molecule has 8 nitrogen and oxygen atoms in total. The Labute approximate surface area is 157 Å². The van der Waals surface area contributed by atoms with Crippen molar-refractivity contribution in [3.8, 4) is 17.5 Å². The van der Waals surface area contributed by atoms with Crippen LogP contribution in [0.25, 0.3) is 22.6 Å². The minimum Gasteiger partial charge on any atom is -0.399 e. The number of halogens is 2. The smallest absolute Gasteiger partial charge is 0.222 e. The van der Waals surface area contributed by atoms with Crippen LogP contribution in [0.4, 0.5) is 20.4 Å². The summed E-state index contributed by atoms with van der Waals surface area (Å²) in [5.41, 5.74) is 12.8. The van der Waals surface area contributed by atoms with E-state index in [0.29, 0.717) is 22.5 Å². The lowest BCUT2D eigenvalue weighted by molar-refractivity contribution is 0.547. The van der Waals surface area contributed by atoms with Gasteiger partial charge in [-0.2, -0.15) is 10.2 Å². The number of pyridine rings is 1. The summed E-state index contributed by atoms with van der Waals surface area (Å²) in [6.07, 6.45) is 2.85. The van der Waals surface area contributed by atoms with Crippen molar-refractivity contribution in [1.82, 2.24) is 24.5 Å². The standard InChI is InChI=1S/C18H12F2N8/c19-12-4-10(22)5-13(20)11(12)7-28-8-25-16-15(26-18(23)27-17(16)28)14-3-9(6-21)1-2-24-14/h1-5,8H,7,22H2,(H2,23,26,27). The number of nitrogens with two attached hydrogens (primary N) is 2. The summed E-state index contributed by atoms with van der Waals surface area (Å²) < 4.78 is 29.8. The van der Waals surface area contributed by atoms with Gasteiger partial charge in [0.25, 0.3) is 0 Å². The first kappa shape index (κ1) is 17.3. The molecule has 0 amide bonds. The lowest BCUT2D eigenvalue weighted by atomic mass is 10.1. The van der Waals surface area contributed by atoms with Gasteiger partial charge in [0.1, 0.15) is 22.8 Å². The third-order valence-electron chi connectivity index (χ3n) is 4.10. The van der Waals surface area contributed by atoms with E-state index in [0.717, 1.165) is 12.1 Å². The molecule has 4 N–H and O–H groups in total. The van der Waals surface area contributed by atoms with Gasteiger partial charge in [-0.3, -0.25) is 4.98 Å². The van der Waals surface area contributed by atoms with Gasteiger partial charge in [-0.1, -0.05) is 0 Å². The molecule has 0 radical (unpaired) electrons. The van der Waals surface area contributed by atoms with E-state index >= 15 is 0 Å². The highest BCUT2D eigenvalue weighted by Gasteiger charge is 2.18. The molecular formula is C18H12F2N8. The zero-order valence-corrected chi connectivity index (χ0v) is 14.3. The number of aromatic nitrogens is 5. The quantitative estimate of drug-likeness (QED) is 0.522. The number of rotatable bonds is 3. The molecule has 4 rings (SSSR count). The second-order valence-electron chi connectivity index (χ2n) is 5.98. The van der Waals surface area contributed by atoms with E-state index in [4.69, 9.17) is 16.7 Å². The first-order valence-electron chi connectivity index (χ1n) is 8.04. The molecule has 0 spiro atoms. The fourth-order valence-electron chi connectivity index (χ4n) is 2.83. The zero-order valence-electron chi connectivity index (χ0n) is 14.3. The summed E-state index contributed by atoms with van der Waals surface area (Å²) in [6, 6.07) is 7.20. The molecule has 10 heteroatoms. The highest BCUT2D eigenvalue weighted by atomic mass is 19.1. The van der Waals surface area contributed by atoms with Crippen LogP contribution in [0, 0.1) is 23.0 Å². The summed E-state index contributed by atoms with van der Waals surface area (Å²) in [7, 11) is 0. The van der Waals surface area contributed by atoms with Crippen molar-refractivity contribution >= 4 is 22.8 Å². The minimum absolute atomic E-state index is 0.00783. The van der Waals surface area contributed by atoms with E-state index < -0.39 is 11.6 Å². The first-order chi connectivity index (χ1) is 13.5.